The van der Waals surface area contributed by atoms with Crippen LogP contribution in [0.15, 0.2) is 60.7 Å². The van der Waals surface area contributed by atoms with Crippen molar-refractivity contribution in [3.63, 3.8) is 0 Å². The summed E-state index contributed by atoms with van der Waals surface area (Å²) in [4.78, 5) is 30.2. The average Bonchev–Trinajstić information content (AvgIpc) is 2.84. The second-order valence-electron chi connectivity index (χ2n) is 9.42. The lowest BCUT2D eigenvalue weighted by atomic mass is 9.78. The third-order valence-electron chi connectivity index (χ3n) is 7.13. The molecule has 0 radical (unpaired) electrons. The van der Waals surface area contributed by atoms with Crippen molar-refractivity contribution in [1.82, 2.24) is 9.80 Å². The van der Waals surface area contributed by atoms with E-state index in [0.29, 0.717) is 44.3 Å². The van der Waals surface area contributed by atoms with E-state index in [9.17, 15) is 9.59 Å². The van der Waals surface area contributed by atoms with E-state index in [2.05, 4.69) is 29.2 Å². The van der Waals surface area contributed by atoms with Crippen LogP contribution in [0.4, 0.5) is 0 Å². The summed E-state index contributed by atoms with van der Waals surface area (Å²) in [6, 6.07) is 20.7. The van der Waals surface area contributed by atoms with Gasteiger partial charge in [0.25, 0.3) is 0 Å². The summed E-state index contributed by atoms with van der Waals surface area (Å²) in [5.41, 5.74) is 2.26. The number of carbonyl (C=O) groups is 2. The highest BCUT2D eigenvalue weighted by Gasteiger charge is 2.35. The number of nitrogens with zero attached hydrogens (tertiary/aromatic N) is 2. The van der Waals surface area contributed by atoms with Crippen molar-refractivity contribution in [1.29, 1.82) is 0 Å². The Morgan fingerprint density at radius 3 is 2.03 bits per heavy atom. The number of benzene rings is 2. The summed E-state index contributed by atoms with van der Waals surface area (Å²) < 4.78 is 0. The minimum absolute atomic E-state index is 0.125. The number of rotatable bonds is 8. The summed E-state index contributed by atoms with van der Waals surface area (Å²) in [7, 11) is 0. The van der Waals surface area contributed by atoms with Gasteiger partial charge in [0.2, 0.25) is 11.8 Å². The highest BCUT2D eigenvalue weighted by atomic mass is 16.2. The maximum atomic E-state index is 13.1. The zero-order valence-corrected chi connectivity index (χ0v) is 19.1. The van der Waals surface area contributed by atoms with Gasteiger partial charge in [-0.3, -0.25) is 9.59 Å². The van der Waals surface area contributed by atoms with E-state index < -0.39 is 0 Å². The number of fused-ring (bicyclic) bond motifs is 1. The van der Waals surface area contributed by atoms with Gasteiger partial charge >= 0.3 is 0 Å². The lowest BCUT2D eigenvalue weighted by Crippen LogP contribution is -2.49. The Labute approximate surface area is 192 Å². The van der Waals surface area contributed by atoms with E-state index in [1.165, 1.54) is 25.7 Å². The summed E-state index contributed by atoms with van der Waals surface area (Å²) in [6.07, 6.45) is 8.96. The van der Waals surface area contributed by atoms with Crippen molar-refractivity contribution in [2.75, 3.05) is 6.54 Å². The SMILES string of the molecule is O=C(CCCC(=O)N1CCCC2CCCCC21)N(Cc1ccccc1)Cc1ccccc1. The molecule has 1 saturated carbocycles. The Morgan fingerprint density at radius 2 is 1.38 bits per heavy atom. The van der Waals surface area contributed by atoms with Crippen LogP contribution < -0.4 is 0 Å². The van der Waals surface area contributed by atoms with Crippen LogP contribution in [-0.4, -0.2) is 34.2 Å². The lowest BCUT2D eigenvalue weighted by Gasteiger charge is -2.44. The summed E-state index contributed by atoms with van der Waals surface area (Å²) >= 11 is 0. The van der Waals surface area contributed by atoms with E-state index in [1.807, 2.05) is 41.3 Å². The van der Waals surface area contributed by atoms with Gasteiger partial charge in [-0.1, -0.05) is 73.5 Å². The van der Waals surface area contributed by atoms with Crippen LogP contribution in [0.25, 0.3) is 0 Å². The highest BCUT2D eigenvalue weighted by molar-refractivity contribution is 5.79. The topological polar surface area (TPSA) is 40.6 Å². The second kappa shape index (κ2) is 11.3. The molecule has 2 fully saturated rings. The van der Waals surface area contributed by atoms with Crippen LogP contribution >= 0.6 is 0 Å². The molecule has 2 atom stereocenters. The van der Waals surface area contributed by atoms with Gasteiger partial charge in [-0.05, 0) is 49.1 Å². The monoisotopic (exact) mass is 432 g/mol. The fraction of sp³-hybridized carbons (Fsp3) is 0.500. The first-order valence-corrected chi connectivity index (χ1v) is 12.4. The first-order valence-electron chi connectivity index (χ1n) is 12.4. The van der Waals surface area contributed by atoms with Crippen LogP contribution in [0.2, 0.25) is 0 Å². The maximum absolute atomic E-state index is 13.1. The van der Waals surface area contributed by atoms with E-state index >= 15 is 0 Å². The average molecular weight is 433 g/mol. The second-order valence-corrected chi connectivity index (χ2v) is 9.42. The van der Waals surface area contributed by atoms with Crippen LogP contribution in [0.3, 0.4) is 0 Å². The van der Waals surface area contributed by atoms with E-state index in [-0.39, 0.29) is 11.8 Å². The molecule has 1 saturated heterocycles. The van der Waals surface area contributed by atoms with Crippen LogP contribution in [0, 0.1) is 5.92 Å². The Balaban J connectivity index is 1.32. The van der Waals surface area contributed by atoms with Gasteiger partial charge in [-0.15, -0.1) is 0 Å². The van der Waals surface area contributed by atoms with Crippen molar-refractivity contribution < 1.29 is 9.59 Å². The summed E-state index contributed by atoms with van der Waals surface area (Å²) in [5, 5.41) is 0. The molecule has 1 heterocycles. The summed E-state index contributed by atoms with van der Waals surface area (Å²) in [6.45, 7) is 2.10. The number of amides is 2. The third-order valence-corrected chi connectivity index (χ3v) is 7.13. The Morgan fingerprint density at radius 1 is 0.781 bits per heavy atom. The van der Waals surface area contributed by atoms with E-state index in [0.717, 1.165) is 30.5 Å². The molecule has 2 aromatic carbocycles. The molecule has 2 aliphatic rings. The van der Waals surface area contributed by atoms with Crippen molar-refractivity contribution in [3.05, 3.63) is 71.8 Å². The standard InChI is InChI=1S/C28H36N2O2/c31-27(18-9-19-28(32)30-20-10-16-25-15-7-8-17-26(25)30)29(21-23-11-3-1-4-12-23)22-24-13-5-2-6-14-24/h1-6,11-14,25-26H,7-10,15-22H2. The molecule has 0 spiro atoms. The molecular formula is C28H36N2O2. The minimum atomic E-state index is 0.125. The smallest absolute Gasteiger partial charge is 0.223 e. The molecule has 4 nitrogen and oxygen atoms in total. The zero-order valence-electron chi connectivity index (χ0n) is 19.1. The van der Waals surface area contributed by atoms with Gasteiger partial charge in [0.15, 0.2) is 0 Å². The number of piperidine rings is 1. The van der Waals surface area contributed by atoms with Crippen molar-refractivity contribution in [2.45, 2.75) is 76.9 Å². The molecule has 0 N–H and O–H groups in total. The van der Waals surface area contributed by atoms with Crippen molar-refractivity contribution in [2.24, 2.45) is 5.92 Å². The lowest BCUT2D eigenvalue weighted by molar-refractivity contribution is -0.138. The van der Waals surface area contributed by atoms with Gasteiger partial charge in [0.1, 0.15) is 0 Å². The van der Waals surface area contributed by atoms with E-state index in [4.69, 9.17) is 0 Å². The fourth-order valence-corrected chi connectivity index (χ4v) is 5.47. The molecule has 1 aliphatic heterocycles. The first-order chi connectivity index (χ1) is 15.7. The zero-order chi connectivity index (χ0) is 22.2. The molecule has 4 rings (SSSR count). The maximum Gasteiger partial charge on any atom is 0.223 e. The van der Waals surface area contributed by atoms with Crippen molar-refractivity contribution in [3.8, 4) is 0 Å². The molecule has 0 bridgehead atoms. The Bertz CT molecular complexity index is 824. The predicted octanol–water partition coefficient (Wildman–Crippen LogP) is 5.57. The largest absolute Gasteiger partial charge is 0.339 e. The molecule has 4 heteroatoms. The van der Waals surface area contributed by atoms with Gasteiger partial charge < -0.3 is 9.80 Å². The molecule has 2 unspecified atom stereocenters. The van der Waals surface area contributed by atoms with Gasteiger partial charge in [0, 0.05) is 38.5 Å². The molecule has 1 aliphatic carbocycles. The molecule has 2 amide bonds. The number of hydrogen-bond donors (Lipinski definition) is 0. The van der Waals surface area contributed by atoms with Crippen LogP contribution in [-0.2, 0) is 22.7 Å². The molecule has 2 aromatic rings. The Kier molecular flexibility index (Phi) is 7.97. The molecule has 170 valence electrons. The first kappa shape index (κ1) is 22.6. The quantitative estimate of drug-likeness (QED) is 0.547. The fourth-order valence-electron chi connectivity index (χ4n) is 5.47. The van der Waals surface area contributed by atoms with Crippen LogP contribution in [0.1, 0.15) is 68.9 Å². The molecule has 32 heavy (non-hydrogen) atoms. The number of likely N-dealkylation sites (tertiary alicyclic amines) is 1. The van der Waals surface area contributed by atoms with Gasteiger partial charge in [-0.25, -0.2) is 0 Å². The third kappa shape index (κ3) is 5.99. The van der Waals surface area contributed by atoms with Crippen molar-refractivity contribution >= 4 is 11.8 Å². The van der Waals surface area contributed by atoms with Gasteiger partial charge in [-0.2, -0.15) is 0 Å². The number of hydrogen-bond acceptors (Lipinski definition) is 2. The molecular weight excluding hydrogens is 396 g/mol. The minimum Gasteiger partial charge on any atom is -0.339 e. The number of carbonyl (C=O) groups excluding carboxylic acids is 2. The van der Waals surface area contributed by atoms with Crippen LogP contribution in [0.5, 0.6) is 0 Å². The van der Waals surface area contributed by atoms with Gasteiger partial charge in [0.05, 0.1) is 0 Å². The predicted molar refractivity (Wildman–Crippen MR) is 128 cm³/mol. The Hall–Kier alpha value is -2.62. The van der Waals surface area contributed by atoms with E-state index in [1.54, 1.807) is 0 Å². The molecule has 0 aromatic heterocycles. The normalized spacial score (nSPS) is 20.4. The highest BCUT2D eigenvalue weighted by Crippen LogP contribution is 2.35. The summed E-state index contributed by atoms with van der Waals surface area (Å²) in [5.74, 6) is 1.09.